The number of nitrogens with zero attached hydrogens (tertiary/aromatic N) is 3. The van der Waals surface area contributed by atoms with Crippen molar-refractivity contribution in [1.82, 2.24) is 9.78 Å². The lowest BCUT2D eigenvalue weighted by molar-refractivity contribution is -0.480. The highest BCUT2D eigenvalue weighted by Crippen LogP contribution is 1.93. The monoisotopic (exact) mass is 169 g/mol. The number of nitro groups is 1. The summed E-state index contributed by atoms with van der Waals surface area (Å²) in [5, 5.41) is 13.9. The number of hydrogen-bond acceptors (Lipinski definition) is 3. The fourth-order valence-corrected chi connectivity index (χ4v) is 0.947. The van der Waals surface area contributed by atoms with Crippen LogP contribution in [0, 0.1) is 10.1 Å². The maximum Gasteiger partial charge on any atom is 0.203 e. The molecule has 0 unspecified atom stereocenters. The molecule has 0 radical (unpaired) electrons. The molecule has 0 aliphatic carbocycles. The van der Waals surface area contributed by atoms with Crippen LogP contribution in [-0.2, 0) is 6.54 Å². The first-order chi connectivity index (χ1) is 5.79. The van der Waals surface area contributed by atoms with Gasteiger partial charge in [-0.05, 0) is 12.5 Å². The molecule has 0 amide bonds. The van der Waals surface area contributed by atoms with Crippen LogP contribution in [0.2, 0.25) is 0 Å². The lowest BCUT2D eigenvalue weighted by Gasteiger charge is -1.97. The zero-order valence-corrected chi connectivity index (χ0v) is 6.72. The van der Waals surface area contributed by atoms with Crippen molar-refractivity contribution in [2.24, 2.45) is 0 Å². The molecule has 0 bridgehead atoms. The van der Waals surface area contributed by atoms with Gasteiger partial charge in [-0.2, -0.15) is 5.10 Å². The van der Waals surface area contributed by atoms with Gasteiger partial charge in [0.2, 0.25) is 6.54 Å². The predicted molar refractivity (Wildman–Crippen MR) is 43.3 cm³/mol. The van der Waals surface area contributed by atoms with Crippen LogP contribution in [0.3, 0.4) is 0 Å². The van der Waals surface area contributed by atoms with Gasteiger partial charge in [0.1, 0.15) is 0 Å². The molecule has 0 N–H and O–H groups in total. The van der Waals surface area contributed by atoms with E-state index in [1.54, 1.807) is 10.9 Å². The molecular weight excluding hydrogens is 158 g/mol. The molecular formula is C7H11N3O2. The van der Waals surface area contributed by atoms with Gasteiger partial charge < -0.3 is 0 Å². The second-order valence-corrected chi connectivity index (χ2v) is 2.53. The Bertz CT molecular complexity index is 233. The Morgan fingerprint density at radius 3 is 2.92 bits per heavy atom. The molecule has 5 nitrogen and oxygen atoms in total. The highest BCUT2D eigenvalue weighted by atomic mass is 16.6. The smallest absolute Gasteiger partial charge is 0.203 e. The number of aryl methyl sites for hydroxylation is 1. The van der Waals surface area contributed by atoms with Crippen LogP contribution in [0.15, 0.2) is 18.5 Å². The minimum absolute atomic E-state index is 0.0568. The topological polar surface area (TPSA) is 61.0 Å². The predicted octanol–water partition coefficient (Wildman–Crippen LogP) is 0.940. The number of unbranched alkanes of at least 4 members (excludes halogenated alkanes) is 1. The lowest BCUT2D eigenvalue weighted by Crippen LogP contribution is -2.03. The molecule has 5 heteroatoms. The third kappa shape index (κ3) is 3.14. The van der Waals surface area contributed by atoms with Crippen molar-refractivity contribution < 1.29 is 4.92 Å². The van der Waals surface area contributed by atoms with Crippen molar-refractivity contribution in [2.75, 3.05) is 6.54 Å². The highest BCUT2D eigenvalue weighted by molar-refractivity contribution is 4.77. The van der Waals surface area contributed by atoms with E-state index in [1.807, 2.05) is 12.3 Å². The Morgan fingerprint density at radius 1 is 1.50 bits per heavy atom. The summed E-state index contributed by atoms with van der Waals surface area (Å²) in [6.45, 7) is 0.822. The Balaban J connectivity index is 2.07. The van der Waals surface area contributed by atoms with E-state index in [2.05, 4.69) is 5.10 Å². The zero-order valence-electron chi connectivity index (χ0n) is 6.72. The summed E-state index contributed by atoms with van der Waals surface area (Å²) in [6.07, 6.45) is 4.98. The SMILES string of the molecule is O=[N+]([O-])CCCCn1cccn1. The summed E-state index contributed by atoms with van der Waals surface area (Å²) in [5.41, 5.74) is 0. The van der Waals surface area contributed by atoms with Gasteiger partial charge in [0, 0.05) is 30.3 Å². The molecule has 0 saturated heterocycles. The van der Waals surface area contributed by atoms with Crippen LogP contribution in [0.1, 0.15) is 12.8 Å². The summed E-state index contributed by atoms with van der Waals surface area (Å²) < 4.78 is 1.78. The van der Waals surface area contributed by atoms with Crippen molar-refractivity contribution in [2.45, 2.75) is 19.4 Å². The number of hydrogen-bond donors (Lipinski definition) is 0. The quantitative estimate of drug-likeness (QED) is 0.374. The molecule has 1 rings (SSSR count). The van der Waals surface area contributed by atoms with Gasteiger partial charge in [0.15, 0.2) is 0 Å². The molecule has 66 valence electrons. The molecule has 1 aromatic rings. The molecule has 0 spiro atoms. The first-order valence-corrected chi connectivity index (χ1v) is 3.88. The molecule has 0 fully saturated rings. The van der Waals surface area contributed by atoms with Crippen LogP contribution in [0.5, 0.6) is 0 Å². The second-order valence-electron chi connectivity index (χ2n) is 2.53. The molecule has 12 heavy (non-hydrogen) atoms. The van der Waals surface area contributed by atoms with Gasteiger partial charge in [-0.1, -0.05) is 0 Å². The van der Waals surface area contributed by atoms with E-state index in [0.29, 0.717) is 6.42 Å². The Labute approximate surface area is 70.2 Å². The number of aromatic nitrogens is 2. The first kappa shape index (κ1) is 8.70. The van der Waals surface area contributed by atoms with E-state index in [0.717, 1.165) is 13.0 Å². The maximum absolute atomic E-state index is 9.94. The van der Waals surface area contributed by atoms with Crippen molar-refractivity contribution in [3.63, 3.8) is 0 Å². The lowest BCUT2D eigenvalue weighted by atomic mass is 10.3. The van der Waals surface area contributed by atoms with Gasteiger partial charge in [-0.15, -0.1) is 0 Å². The van der Waals surface area contributed by atoms with Gasteiger partial charge in [-0.3, -0.25) is 14.8 Å². The average Bonchev–Trinajstić information content (AvgIpc) is 2.49. The summed E-state index contributed by atoms with van der Waals surface area (Å²) in [4.78, 5) is 9.66. The second kappa shape index (κ2) is 4.48. The minimum Gasteiger partial charge on any atom is -0.273 e. The van der Waals surface area contributed by atoms with E-state index in [4.69, 9.17) is 0 Å². The molecule has 0 atom stereocenters. The molecule has 0 saturated carbocycles. The molecule has 0 aliphatic rings. The van der Waals surface area contributed by atoms with Crippen LogP contribution in [0.4, 0.5) is 0 Å². The normalized spacial score (nSPS) is 10.0. The Kier molecular flexibility index (Phi) is 3.25. The molecule has 0 aromatic carbocycles. The van der Waals surface area contributed by atoms with Crippen molar-refractivity contribution in [3.8, 4) is 0 Å². The van der Waals surface area contributed by atoms with Crippen LogP contribution in [-0.4, -0.2) is 21.2 Å². The highest BCUT2D eigenvalue weighted by Gasteiger charge is 1.96. The minimum atomic E-state index is -0.289. The van der Waals surface area contributed by atoms with Crippen LogP contribution in [0.25, 0.3) is 0 Å². The van der Waals surface area contributed by atoms with Crippen molar-refractivity contribution >= 4 is 0 Å². The summed E-state index contributed by atoms with van der Waals surface area (Å²) in [5.74, 6) is 0. The van der Waals surface area contributed by atoms with E-state index in [-0.39, 0.29) is 11.5 Å². The zero-order chi connectivity index (χ0) is 8.81. The van der Waals surface area contributed by atoms with E-state index < -0.39 is 0 Å². The number of rotatable bonds is 5. The van der Waals surface area contributed by atoms with E-state index in [1.165, 1.54) is 0 Å². The van der Waals surface area contributed by atoms with Crippen molar-refractivity contribution in [3.05, 3.63) is 28.6 Å². The largest absolute Gasteiger partial charge is 0.273 e. The van der Waals surface area contributed by atoms with Crippen LogP contribution >= 0.6 is 0 Å². The Morgan fingerprint density at radius 2 is 2.33 bits per heavy atom. The molecule has 1 heterocycles. The third-order valence-electron chi connectivity index (χ3n) is 1.54. The average molecular weight is 169 g/mol. The van der Waals surface area contributed by atoms with E-state index in [9.17, 15) is 10.1 Å². The Hall–Kier alpha value is -1.39. The maximum atomic E-state index is 9.94. The fraction of sp³-hybridized carbons (Fsp3) is 0.571. The van der Waals surface area contributed by atoms with E-state index >= 15 is 0 Å². The van der Waals surface area contributed by atoms with Crippen molar-refractivity contribution in [1.29, 1.82) is 0 Å². The summed E-state index contributed by atoms with van der Waals surface area (Å²) in [7, 11) is 0. The summed E-state index contributed by atoms with van der Waals surface area (Å²) in [6, 6.07) is 1.84. The van der Waals surface area contributed by atoms with Gasteiger partial charge >= 0.3 is 0 Å². The first-order valence-electron chi connectivity index (χ1n) is 3.88. The molecule has 1 aromatic heterocycles. The molecule has 0 aliphatic heterocycles. The van der Waals surface area contributed by atoms with Gasteiger partial charge in [0.05, 0.1) is 0 Å². The standard InChI is InChI=1S/C7H11N3O2/c11-10(12)7-2-1-5-9-6-3-4-8-9/h3-4,6H,1-2,5,7H2. The fourth-order valence-electron chi connectivity index (χ4n) is 0.947. The van der Waals surface area contributed by atoms with Gasteiger partial charge in [-0.25, -0.2) is 0 Å². The van der Waals surface area contributed by atoms with Gasteiger partial charge in [0.25, 0.3) is 0 Å². The third-order valence-corrected chi connectivity index (χ3v) is 1.54. The van der Waals surface area contributed by atoms with Crippen LogP contribution < -0.4 is 0 Å². The summed E-state index contributed by atoms with van der Waals surface area (Å²) >= 11 is 0.